The van der Waals surface area contributed by atoms with Gasteiger partial charge in [0.15, 0.2) is 0 Å². The number of pyridine rings is 2. The summed E-state index contributed by atoms with van der Waals surface area (Å²) >= 11 is 0. The van der Waals surface area contributed by atoms with E-state index in [1.165, 1.54) is 0 Å². The van der Waals surface area contributed by atoms with Gasteiger partial charge >= 0.3 is 0 Å². The van der Waals surface area contributed by atoms with Crippen LogP contribution in [-0.2, 0) is 31.4 Å². The Bertz CT molecular complexity index is 848. The highest BCUT2D eigenvalue weighted by atomic mass is 16.2. The predicted molar refractivity (Wildman–Crippen MR) is 104 cm³/mol. The van der Waals surface area contributed by atoms with Crippen molar-refractivity contribution in [2.75, 3.05) is 0 Å². The summed E-state index contributed by atoms with van der Waals surface area (Å²) in [7, 11) is 1.94. The molecule has 0 aliphatic rings. The van der Waals surface area contributed by atoms with Crippen LogP contribution < -0.4 is 0 Å². The first-order chi connectivity index (χ1) is 13.0. The van der Waals surface area contributed by atoms with Gasteiger partial charge in [0.1, 0.15) is 0 Å². The molecule has 0 atom stereocenters. The third-order valence-electron chi connectivity index (χ3n) is 4.79. The van der Waals surface area contributed by atoms with E-state index in [1.54, 1.807) is 24.8 Å². The molecule has 0 N–H and O–H groups in total. The number of aryl methyl sites for hydroxylation is 2. The zero-order valence-corrected chi connectivity index (χ0v) is 16.1. The maximum atomic E-state index is 13.0. The van der Waals surface area contributed by atoms with Gasteiger partial charge in [-0.15, -0.1) is 0 Å². The number of nitrogens with zero attached hydrogens (tertiary/aromatic N) is 5. The van der Waals surface area contributed by atoms with Gasteiger partial charge in [0, 0.05) is 57.0 Å². The van der Waals surface area contributed by atoms with Crippen LogP contribution in [0.25, 0.3) is 0 Å². The summed E-state index contributed by atoms with van der Waals surface area (Å²) < 4.78 is 1.87. The van der Waals surface area contributed by atoms with E-state index in [9.17, 15) is 4.79 Å². The molecule has 0 saturated heterocycles. The largest absolute Gasteiger partial charge is 0.334 e. The van der Waals surface area contributed by atoms with E-state index in [0.717, 1.165) is 28.1 Å². The Balaban J connectivity index is 1.73. The van der Waals surface area contributed by atoms with Crippen molar-refractivity contribution in [3.8, 4) is 0 Å². The number of carbonyl (C=O) groups is 1. The number of rotatable bonds is 7. The second kappa shape index (κ2) is 8.58. The first kappa shape index (κ1) is 18.8. The standard InChI is InChI=1S/C21H25N5O/c1-16-20(17(2)25(3)24-16)8-9-21(27)26(14-18-6-4-10-22-12-18)15-19-7-5-11-23-13-19/h4-7,10-13H,8-9,14-15H2,1-3H3. The summed E-state index contributed by atoms with van der Waals surface area (Å²) in [5, 5.41) is 4.44. The lowest BCUT2D eigenvalue weighted by atomic mass is 10.1. The molecule has 3 aromatic heterocycles. The lowest BCUT2D eigenvalue weighted by Crippen LogP contribution is -2.30. The molecule has 0 aromatic carbocycles. The molecule has 6 nitrogen and oxygen atoms in total. The average molecular weight is 363 g/mol. The van der Waals surface area contributed by atoms with Crippen molar-refractivity contribution in [2.24, 2.45) is 7.05 Å². The van der Waals surface area contributed by atoms with E-state index in [4.69, 9.17) is 0 Å². The van der Waals surface area contributed by atoms with E-state index in [0.29, 0.717) is 25.9 Å². The van der Waals surface area contributed by atoms with Crippen molar-refractivity contribution in [1.82, 2.24) is 24.6 Å². The molecule has 0 unspecified atom stereocenters. The van der Waals surface area contributed by atoms with Gasteiger partial charge in [0.05, 0.1) is 5.69 Å². The molecule has 0 aliphatic carbocycles. The van der Waals surface area contributed by atoms with Crippen LogP contribution in [0.2, 0.25) is 0 Å². The van der Waals surface area contributed by atoms with Gasteiger partial charge < -0.3 is 4.90 Å². The Kier molecular flexibility index (Phi) is 5.96. The minimum Gasteiger partial charge on any atom is -0.334 e. The number of hydrogen-bond donors (Lipinski definition) is 0. The van der Waals surface area contributed by atoms with Gasteiger partial charge in [-0.3, -0.25) is 19.4 Å². The molecule has 3 heterocycles. The van der Waals surface area contributed by atoms with E-state index in [2.05, 4.69) is 15.1 Å². The fraction of sp³-hybridized carbons (Fsp3) is 0.333. The third-order valence-corrected chi connectivity index (χ3v) is 4.79. The Morgan fingerprint density at radius 3 is 2.07 bits per heavy atom. The Labute approximate surface area is 159 Å². The summed E-state index contributed by atoms with van der Waals surface area (Å²) in [5.41, 5.74) is 5.31. The normalized spacial score (nSPS) is 10.8. The van der Waals surface area contributed by atoms with Gasteiger partial charge in [-0.2, -0.15) is 5.10 Å². The Hall–Kier alpha value is -3.02. The van der Waals surface area contributed by atoms with Gasteiger partial charge in [-0.05, 0) is 49.1 Å². The smallest absolute Gasteiger partial charge is 0.223 e. The summed E-state index contributed by atoms with van der Waals surface area (Å²) in [6.07, 6.45) is 8.24. The molecule has 0 saturated carbocycles. The van der Waals surface area contributed by atoms with Crippen molar-refractivity contribution < 1.29 is 4.79 Å². The molecule has 140 valence electrons. The zero-order chi connectivity index (χ0) is 19.2. The molecule has 3 aromatic rings. The van der Waals surface area contributed by atoms with E-state index in [1.807, 2.05) is 54.7 Å². The SMILES string of the molecule is Cc1nn(C)c(C)c1CCC(=O)N(Cc1cccnc1)Cc1cccnc1. The summed E-state index contributed by atoms with van der Waals surface area (Å²) in [6.45, 7) is 5.11. The number of aromatic nitrogens is 4. The third kappa shape index (κ3) is 4.78. The maximum Gasteiger partial charge on any atom is 0.223 e. The fourth-order valence-electron chi connectivity index (χ4n) is 3.23. The molecule has 0 spiro atoms. The van der Waals surface area contributed by atoms with Gasteiger partial charge in [-0.1, -0.05) is 12.1 Å². The van der Waals surface area contributed by atoms with Crippen LogP contribution in [0.5, 0.6) is 0 Å². The van der Waals surface area contributed by atoms with Gasteiger partial charge in [-0.25, -0.2) is 0 Å². The zero-order valence-electron chi connectivity index (χ0n) is 16.1. The van der Waals surface area contributed by atoms with Crippen LogP contribution in [-0.4, -0.2) is 30.6 Å². The van der Waals surface area contributed by atoms with E-state index < -0.39 is 0 Å². The molecule has 6 heteroatoms. The highest BCUT2D eigenvalue weighted by molar-refractivity contribution is 5.76. The van der Waals surface area contributed by atoms with Crippen molar-refractivity contribution >= 4 is 5.91 Å². The summed E-state index contributed by atoms with van der Waals surface area (Å²) in [5.74, 6) is 0.116. The number of carbonyl (C=O) groups excluding carboxylic acids is 1. The Morgan fingerprint density at radius 2 is 1.63 bits per heavy atom. The predicted octanol–water partition coefficient (Wildman–Crippen LogP) is 2.99. The van der Waals surface area contributed by atoms with E-state index in [-0.39, 0.29) is 5.91 Å². The maximum absolute atomic E-state index is 13.0. The van der Waals surface area contributed by atoms with Crippen LogP contribution in [0.15, 0.2) is 49.1 Å². The topological polar surface area (TPSA) is 63.9 Å². The van der Waals surface area contributed by atoms with Crippen LogP contribution in [0.1, 0.15) is 34.5 Å². The van der Waals surface area contributed by atoms with Crippen LogP contribution in [0.3, 0.4) is 0 Å². The van der Waals surface area contributed by atoms with Crippen LogP contribution in [0, 0.1) is 13.8 Å². The number of amides is 1. The summed E-state index contributed by atoms with van der Waals surface area (Å²) in [4.78, 5) is 23.2. The Morgan fingerprint density at radius 1 is 1.04 bits per heavy atom. The lowest BCUT2D eigenvalue weighted by Gasteiger charge is -2.23. The molecule has 0 bridgehead atoms. The van der Waals surface area contributed by atoms with Crippen molar-refractivity contribution in [2.45, 2.75) is 39.8 Å². The highest BCUT2D eigenvalue weighted by Crippen LogP contribution is 2.16. The molecular weight excluding hydrogens is 338 g/mol. The second-order valence-electron chi connectivity index (χ2n) is 6.75. The summed E-state index contributed by atoms with van der Waals surface area (Å²) in [6, 6.07) is 7.77. The molecule has 0 aliphatic heterocycles. The monoisotopic (exact) mass is 363 g/mol. The molecule has 1 amide bonds. The van der Waals surface area contributed by atoms with Crippen LogP contribution in [0.4, 0.5) is 0 Å². The quantitative estimate of drug-likeness (QED) is 0.647. The number of hydrogen-bond acceptors (Lipinski definition) is 4. The molecule has 0 fully saturated rings. The first-order valence-corrected chi connectivity index (χ1v) is 9.09. The van der Waals surface area contributed by atoms with Crippen molar-refractivity contribution in [3.63, 3.8) is 0 Å². The first-order valence-electron chi connectivity index (χ1n) is 9.09. The molecule has 27 heavy (non-hydrogen) atoms. The van der Waals surface area contributed by atoms with Gasteiger partial charge in [0.2, 0.25) is 5.91 Å². The van der Waals surface area contributed by atoms with Crippen LogP contribution >= 0.6 is 0 Å². The highest BCUT2D eigenvalue weighted by Gasteiger charge is 2.17. The minimum atomic E-state index is 0.116. The minimum absolute atomic E-state index is 0.116. The molecule has 0 radical (unpaired) electrons. The second-order valence-corrected chi connectivity index (χ2v) is 6.75. The van der Waals surface area contributed by atoms with Crippen molar-refractivity contribution in [1.29, 1.82) is 0 Å². The van der Waals surface area contributed by atoms with E-state index >= 15 is 0 Å². The van der Waals surface area contributed by atoms with Crippen molar-refractivity contribution in [3.05, 3.63) is 77.1 Å². The molecular formula is C21H25N5O. The lowest BCUT2D eigenvalue weighted by molar-refractivity contribution is -0.132. The van der Waals surface area contributed by atoms with Gasteiger partial charge in [0.25, 0.3) is 0 Å². The average Bonchev–Trinajstić information content (AvgIpc) is 2.92. The molecule has 3 rings (SSSR count). The fourth-order valence-corrected chi connectivity index (χ4v) is 3.23.